The number of nitrogens with zero attached hydrogens (tertiary/aromatic N) is 2. The van der Waals surface area contributed by atoms with Gasteiger partial charge in [-0.05, 0) is 47.1 Å². The number of sulfonamides is 1. The summed E-state index contributed by atoms with van der Waals surface area (Å²) in [4.78, 5) is 29.4. The summed E-state index contributed by atoms with van der Waals surface area (Å²) in [6.45, 7) is 12.5. The van der Waals surface area contributed by atoms with Crippen molar-refractivity contribution in [2.45, 2.75) is 66.0 Å². The molecule has 0 unspecified atom stereocenters. The smallest absolute Gasteiger partial charge is 0.244 e. The van der Waals surface area contributed by atoms with Gasteiger partial charge in [-0.2, -0.15) is 0 Å². The van der Waals surface area contributed by atoms with E-state index in [1.165, 1.54) is 4.90 Å². The van der Waals surface area contributed by atoms with Crippen LogP contribution >= 0.6 is 0 Å². The van der Waals surface area contributed by atoms with Crippen molar-refractivity contribution in [1.29, 1.82) is 0 Å². The number of hydrogen-bond donors (Lipinski definition) is 1. The van der Waals surface area contributed by atoms with Gasteiger partial charge in [0, 0.05) is 19.5 Å². The highest BCUT2D eigenvalue weighted by atomic mass is 32.2. The summed E-state index contributed by atoms with van der Waals surface area (Å²) in [6.07, 6.45) is 1.39. The van der Waals surface area contributed by atoms with Gasteiger partial charge in [0.15, 0.2) is 0 Å². The Balaban J connectivity index is 2.04. The minimum Gasteiger partial charge on any atom is -0.354 e. The van der Waals surface area contributed by atoms with E-state index in [-0.39, 0.29) is 23.8 Å². The molecule has 0 aliphatic carbocycles. The molecule has 0 spiro atoms. The van der Waals surface area contributed by atoms with Gasteiger partial charge in [0.25, 0.3) is 0 Å². The number of rotatable bonds is 12. The van der Waals surface area contributed by atoms with Crippen molar-refractivity contribution < 1.29 is 18.0 Å². The quantitative estimate of drug-likeness (QED) is 0.303. The summed E-state index contributed by atoms with van der Waals surface area (Å²) < 4.78 is 27.2. The number of carbonyl (C=O) groups excluding carboxylic acids is 2. The van der Waals surface area contributed by atoms with Gasteiger partial charge in [0.05, 0.1) is 11.9 Å². The van der Waals surface area contributed by atoms with Crippen LogP contribution in [-0.4, -0.2) is 50.5 Å². The second-order valence-electron chi connectivity index (χ2n) is 12.4. The fourth-order valence-electron chi connectivity index (χ4n) is 4.61. The summed E-state index contributed by atoms with van der Waals surface area (Å²) in [7, 11) is -3.81. The molecule has 226 valence electrons. The average molecular weight is 592 g/mol. The lowest BCUT2D eigenvalue weighted by molar-refractivity contribution is -0.140. The summed E-state index contributed by atoms with van der Waals surface area (Å²) in [6, 6.07) is 23.7. The Hall–Kier alpha value is -3.65. The zero-order valence-electron chi connectivity index (χ0n) is 25.9. The fraction of sp³-hybridized carbons (Fsp3) is 0.412. The predicted molar refractivity (Wildman–Crippen MR) is 171 cm³/mol. The van der Waals surface area contributed by atoms with Gasteiger partial charge in [0.1, 0.15) is 12.6 Å². The third-order valence-electron chi connectivity index (χ3n) is 7.13. The number of benzene rings is 3. The normalized spacial score (nSPS) is 12.6. The zero-order chi connectivity index (χ0) is 31.1. The van der Waals surface area contributed by atoms with Crippen molar-refractivity contribution in [3.63, 3.8) is 0 Å². The maximum absolute atomic E-state index is 14.2. The second-order valence-corrected chi connectivity index (χ2v) is 14.3. The molecule has 2 amide bonds. The molecule has 1 atom stereocenters. The lowest BCUT2D eigenvalue weighted by Gasteiger charge is -2.33. The SMILES string of the molecule is Cc1ccc(CN(C(=O)CN(c2ccc(C(C)(C)C)cc2)S(C)(=O)=O)[C@@H](Cc2ccccc2)C(=O)NCC(C)C)cc1. The first-order valence-electron chi connectivity index (χ1n) is 14.4. The minimum absolute atomic E-state index is 0.108. The Bertz CT molecular complexity index is 1430. The molecule has 3 rings (SSSR count). The van der Waals surface area contributed by atoms with Gasteiger partial charge in [-0.1, -0.05) is 107 Å². The number of nitrogens with one attached hydrogen (secondary N) is 1. The van der Waals surface area contributed by atoms with Crippen LogP contribution in [0.2, 0.25) is 0 Å². The molecule has 0 aromatic heterocycles. The van der Waals surface area contributed by atoms with Gasteiger partial charge in [-0.3, -0.25) is 13.9 Å². The average Bonchev–Trinajstić information content (AvgIpc) is 2.92. The second kappa shape index (κ2) is 14.0. The molecule has 1 N–H and O–H groups in total. The summed E-state index contributed by atoms with van der Waals surface area (Å²) in [5, 5.41) is 3.00. The third kappa shape index (κ3) is 9.44. The van der Waals surface area contributed by atoms with Crippen LogP contribution in [0.25, 0.3) is 0 Å². The molecule has 7 nitrogen and oxygen atoms in total. The molecule has 42 heavy (non-hydrogen) atoms. The Morgan fingerprint density at radius 2 is 1.45 bits per heavy atom. The van der Waals surface area contributed by atoms with Gasteiger partial charge in [-0.25, -0.2) is 8.42 Å². The largest absolute Gasteiger partial charge is 0.354 e. The number of anilines is 1. The lowest BCUT2D eigenvalue weighted by Crippen LogP contribution is -2.53. The highest BCUT2D eigenvalue weighted by molar-refractivity contribution is 7.92. The lowest BCUT2D eigenvalue weighted by atomic mass is 9.87. The van der Waals surface area contributed by atoms with Crippen molar-refractivity contribution in [1.82, 2.24) is 10.2 Å². The third-order valence-corrected chi connectivity index (χ3v) is 8.27. The Morgan fingerprint density at radius 1 is 0.857 bits per heavy atom. The maximum atomic E-state index is 14.2. The van der Waals surface area contributed by atoms with Crippen LogP contribution in [-0.2, 0) is 38.0 Å². The highest BCUT2D eigenvalue weighted by Crippen LogP contribution is 2.26. The topological polar surface area (TPSA) is 86.8 Å². The van der Waals surface area contributed by atoms with Crippen LogP contribution < -0.4 is 9.62 Å². The standard InChI is InChI=1S/C34H45N3O4S/c1-25(2)22-35-33(39)31(21-27-11-9-8-10-12-27)36(23-28-15-13-26(3)14-16-28)32(38)24-37(42(7,40)41)30-19-17-29(18-20-30)34(4,5)6/h8-20,25,31H,21-24H2,1-7H3,(H,35,39)/t31-/m0/s1. The van der Waals surface area contributed by atoms with Crippen molar-refractivity contribution in [3.05, 3.63) is 101 Å². The molecule has 0 saturated heterocycles. The van der Waals surface area contributed by atoms with E-state index in [9.17, 15) is 18.0 Å². The molecular weight excluding hydrogens is 546 g/mol. The Morgan fingerprint density at radius 3 is 1.98 bits per heavy atom. The molecule has 0 aliphatic heterocycles. The molecule has 3 aromatic carbocycles. The van der Waals surface area contributed by atoms with Crippen LogP contribution in [0.15, 0.2) is 78.9 Å². The first-order chi connectivity index (χ1) is 19.6. The number of aryl methyl sites for hydroxylation is 1. The highest BCUT2D eigenvalue weighted by Gasteiger charge is 2.33. The van der Waals surface area contributed by atoms with E-state index in [2.05, 4.69) is 26.1 Å². The fourth-order valence-corrected chi connectivity index (χ4v) is 5.46. The monoisotopic (exact) mass is 591 g/mol. The van der Waals surface area contributed by atoms with E-state index in [1.807, 2.05) is 87.5 Å². The van der Waals surface area contributed by atoms with Gasteiger partial charge >= 0.3 is 0 Å². The zero-order valence-corrected chi connectivity index (χ0v) is 26.7. The maximum Gasteiger partial charge on any atom is 0.244 e. The van der Waals surface area contributed by atoms with Crippen LogP contribution in [0.3, 0.4) is 0 Å². The molecule has 0 saturated carbocycles. The predicted octanol–water partition coefficient (Wildman–Crippen LogP) is 5.47. The molecule has 0 heterocycles. The first kappa shape index (κ1) is 32.9. The van der Waals surface area contributed by atoms with E-state index in [0.29, 0.717) is 18.7 Å². The summed E-state index contributed by atoms with van der Waals surface area (Å²) in [5.74, 6) is -0.501. The Kier molecular flexibility index (Phi) is 11.0. The molecular formula is C34H45N3O4S. The molecule has 3 aromatic rings. The van der Waals surface area contributed by atoms with Crippen LogP contribution in [0.4, 0.5) is 5.69 Å². The van der Waals surface area contributed by atoms with E-state index in [1.54, 1.807) is 12.1 Å². The molecule has 0 aliphatic rings. The number of hydrogen-bond acceptors (Lipinski definition) is 4. The number of amides is 2. The summed E-state index contributed by atoms with van der Waals surface area (Å²) >= 11 is 0. The van der Waals surface area contributed by atoms with E-state index < -0.39 is 28.5 Å². The van der Waals surface area contributed by atoms with Gasteiger partial charge < -0.3 is 10.2 Å². The molecule has 0 fully saturated rings. The minimum atomic E-state index is -3.81. The van der Waals surface area contributed by atoms with Crippen LogP contribution in [0.5, 0.6) is 0 Å². The molecule has 0 radical (unpaired) electrons. The van der Waals surface area contributed by atoms with Crippen molar-refractivity contribution in [2.24, 2.45) is 5.92 Å². The van der Waals surface area contributed by atoms with Gasteiger partial charge in [0.2, 0.25) is 21.8 Å². The first-order valence-corrected chi connectivity index (χ1v) is 16.2. The van der Waals surface area contributed by atoms with Crippen molar-refractivity contribution in [3.8, 4) is 0 Å². The van der Waals surface area contributed by atoms with E-state index in [4.69, 9.17) is 0 Å². The van der Waals surface area contributed by atoms with Crippen molar-refractivity contribution in [2.75, 3.05) is 23.7 Å². The number of carbonyl (C=O) groups is 2. The molecule has 8 heteroatoms. The Labute approximate surface area is 252 Å². The van der Waals surface area contributed by atoms with E-state index in [0.717, 1.165) is 32.8 Å². The van der Waals surface area contributed by atoms with Crippen molar-refractivity contribution >= 4 is 27.5 Å². The summed E-state index contributed by atoms with van der Waals surface area (Å²) in [5.41, 5.74) is 4.18. The van der Waals surface area contributed by atoms with Gasteiger partial charge in [-0.15, -0.1) is 0 Å². The molecule has 0 bridgehead atoms. The van der Waals surface area contributed by atoms with E-state index >= 15 is 0 Å². The van der Waals surface area contributed by atoms with Crippen LogP contribution in [0.1, 0.15) is 56.9 Å². The van der Waals surface area contributed by atoms with Crippen LogP contribution in [0, 0.1) is 12.8 Å².